The van der Waals surface area contributed by atoms with E-state index in [0.29, 0.717) is 55.7 Å². The minimum atomic E-state index is -1.34. The molecule has 12 rings (SSSR count). The molecule has 0 aliphatic heterocycles. The molecule has 0 radical (unpaired) electrons. The highest BCUT2D eigenvalue weighted by Gasteiger charge is 2.38. The SMILES string of the molecule is COCOc1cc(-c2cnn3c(N(COCC[Si](C)(C)C)COCC[Si](C)(C)C)cc(C4C[C@H]5CC[C@@H](C4)C5)nc23)cnc1-c1ccccc1.COCOc1cc(-c2cnn3c(N(COCC[Si](C)(C)C)COCC[Si](C)(C)C)cc(C4C[C@H]5CC[C@@H](C4)C5)nc23)cnc1Cl.OB(O)c1ccccc1. The van der Waals surface area contributed by atoms with E-state index in [1.54, 1.807) is 44.7 Å². The number of hydrogen-bond acceptors (Lipinski definition) is 18. The van der Waals surface area contributed by atoms with Gasteiger partial charge >= 0.3 is 7.12 Å². The quantitative estimate of drug-likeness (QED) is 0.0166. The average molecular weight is 1510 g/mol. The summed E-state index contributed by atoms with van der Waals surface area (Å²) in [5.74, 6) is 7.06. The van der Waals surface area contributed by atoms with Crippen molar-refractivity contribution in [3.8, 4) is 45.0 Å². The summed E-state index contributed by atoms with van der Waals surface area (Å²) in [6, 6.07) is 31.7. The van der Waals surface area contributed by atoms with Gasteiger partial charge in [-0.3, -0.25) is 4.98 Å². The number of nitrogens with zero attached hydrogens (tertiary/aromatic N) is 10. The van der Waals surface area contributed by atoms with Crippen molar-refractivity contribution in [2.45, 2.75) is 179 Å². The topological polar surface area (TPSA) is 207 Å². The Labute approximate surface area is 627 Å². The number of anilines is 2. The first-order chi connectivity index (χ1) is 49.7. The Morgan fingerprint density at radius 1 is 0.471 bits per heavy atom. The summed E-state index contributed by atoms with van der Waals surface area (Å²) in [6.07, 6.45) is 20.3. The summed E-state index contributed by atoms with van der Waals surface area (Å²) in [5, 5.41) is 27.3. The first-order valence-corrected chi connectivity index (χ1v) is 52.8. The minimum absolute atomic E-state index is 0.0839. The largest absolute Gasteiger partial charge is 0.488 e. The van der Waals surface area contributed by atoms with Gasteiger partial charge in [-0.05, 0) is 104 Å². The Kier molecular flexibility index (Phi) is 28.9. The second kappa shape index (κ2) is 37.3. The Balaban J connectivity index is 0.000000200. The molecule has 0 saturated heterocycles. The van der Waals surface area contributed by atoms with Crippen LogP contribution in [0.2, 0.25) is 108 Å². The maximum absolute atomic E-state index is 8.58. The van der Waals surface area contributed by atoms with Gasteiger partial charge in [0.25, 0.3) is 0 Å². The number of hydrogen-bond donors (Lipinski definition) is 2. The van der Waals surface area contributed by atoms with Crippen molar-refractivity contribution in [2.24, 2.45) is 23.7 Å². The maximum Gasteiger partial charge on any atom is 0.488 e. The molecule has 104 heavy (non-hydrogen) atoms. The molecular weight excluding hydrogens is 1400 g/mol. The first-order valence-electron chi connectivity index (χ1n) is 37.6. The lowest BCUT2D eigenvalue weighted by Gasteiger charge is -2.30. The number of benzene rings is 2. The van der Waals surface area contributed by atoms with E-state index in [1.165, 1.54) is 64.2 Å². The van der Waals surface area contributed by atoms with E-state index in [-0.39, 0.29) is 18.7 Å². The molecule has 6 aromatic heterocycles. The summed E-state index contributed by atoms with van der Waals surface area (Å²) in [7, 11) is -3.06. The van der Waals surface area contributed by atoms with Crippen LogP contribution in [-0.2, 0) is 28.4 Å². The predicted octanol–water partition coefficient (Wildman–Crippen LogP) is 16.7. The van der Waals surface area contributed by atoms with Crippen molar-refractivity contribution >= 4 is 79.4 Å². The fourth-order valence-electron chi connectivity index (χ4n) is 14.3. The molecule has 564 valence electrons. The van der Waals surface area contributed by atoms with E-state index in [4.69, 9.17) is 84.7 Å². The van der Waals surface area contributed by atoms with Crippen LogP contribution in [-0.4, -0.2) is 170 Å². The third-order valence-corrected chi connectivity index (χ3v) is 27.4. The van der Waals surface area contributed by atoms with Crippen LogP contribution in [0.5, 0.6) is 11.5 Å². The normalized spacial score (nSPS) is 18.8. The molecule has 4 bridgehead atoms. The maximum atomic E-state index is 8.58. The molecule has 8 aromatic rings. The molecule has 4 saturated carbocycles. The van der Waals surface area contributed by atoms with Gasteiger partial charge in [0.2, 0.25) is 0 Å². The number of aromatic nitrogens is 8. The molecule has 26 heteroatoms. The van der Waals surface area contributed by atoms with E-state index in [0.717, 1.165) is 142 Å². The Morgan fingerprint density at radius 3 is 1.22 bits per heavy atom. The van der Waals surface area contributed by atoms with Gasteiger partial charge in [-0.2, -0.15) is 19.2 Å². The van der Waals surface area contributed by atoms with Gasteiger partial charge in [-0.15, -0.1) is 0 Å². The van der Waals surface area contributed by atoms with Crippen molar-refractivity contribution in [1.29, 1.82) is 0 Å². The number of rotatable bonds is 34. The Morgan fingerprint density at radius 2 is 0.846 bits per heavy atom. The summed E-state index contributed by atoms with van der Waals surface area (Å²) < 4.78 is 51.6. The highest BCUT2D eigenvalue weighted by molar-refractivity contribution is 6.77. The summed E-state index contributed by atoms with van der Waals surface area (Å²) in [6.45, 7) is 33.5. The lowest BCUT2D eigenvalue weighted by atomic mass is 9.79. The van der Waals surface area contributed by atoms with Gasteiger partial charge in [0.1, 0.15) is 50.0 Å². The predicted molar refractivity (Wildman–Crippen MR) is 431 cm³/mol. The van der Waals surface area contributed by atoms with Crippen LogP contribution in [0.15, 0.2) is 110 Å². The molecule has 4 fully saturated rings. The number of halogens is 1. The van der Waals surface area contributed by atoms with Crippen molar-refractivity contribution in [3.63, 3.8) is 0 Å². The lowest BCUT2D eigenvalue weighted by Crippen LogP contribution is -2.33. The van der Waals surface area contributed by atoms with Crippen LogP contribution in [0.3, 0.4) is 0 Å². The monoisotopic (exact) mass is 1510 g/mol. The zero-order valence-corrected chi connectivity index (χ0v) is 69.2. The molecule has 20 nitrogen and oxygen atoms in total. The van der Waals surface area contributed by atoms with Crippen LogP contribution in [0.25, 0.3) is 44.8 Å². The molecule has 4 aliphatic rings. The van der Waals surface area contributed by atoms with Gasteiger partial charge in [-0.25, -0.2) is 15.0 Å². The fraction of sp³-hybridized carbons (Fsp3) is 0.564. The van der Waals surface area contributed by atoms with Gasteiger partial charge in [0, 0.05) is 149 Å². The molecule has 0 amide bonds. The number of ether oxygens (including phenoxy) is 8. The average Bonchev–Trinajstić information content (AvgIpc) is 1.58. The molecule has 2 unspecified atom stereocenters. The molecule has 0 spiro atoms. The minimum Gasteiger partial charge on any atom is -0.465 e. The number of fused-ring (bicyclic) bond motifs is 6. The van der Waals surface area contributed by atoms with Gasteiger partial charge < -0.3 is 57.7 Å². The highest BCUT2D eigenvalue weighted by atomic mass is 35.5. The summed E-state index contributed by atoms with van der Waals surface area (Å²) in [5.41, 5.74) is 9.69. The highest BCUT2D eigenvalue weighted by Crippen LogP contribution is 2.50. The third kappa shape index (κ3) is 23.5. The van der Waals surface area contributed by atoms with Crippen molar-refractivity contribution in [3.05, 3.63) is 126 Å². The zero-order valence-electron chi connectivity index (χ0n) is 64.4. The molecule has 2 aromatic carbocycles. The van der Waals surface area contributed by atoms with Gasteiger partial charge in [-0.1, -0.05) is 177 Å². The van der Waals surface area contributed by atoms with Crippen LogP contribution >= 0.6 is 11.6 Å². The lowest BCUT2D eigenvalue weighted by molar-refractivity contribution is 0.0509. The van der Waals surface area contributed by atoms with Gasteiger partial charge in [0.15, 0.2) is 35.8 Å². The van der Waals surface area contributed by atoms with Crippen LogP contribution in [0.1, 0.15) is 87.4 Å². The first kappa shape index (κ1) is 80.6. The summed E-state index contributed by atoms with van der Waals surface area (Å²) in [4.78, 5) is 24.5. The number of methoxy groups -OCH3 is 2. The van der Waals surface area contributed by atoms with E-state index >= 15 is 0 Å². The summed E-state index contributed by atoms with van der Waals surface area (Å²) >= 11 is 6.36. The van der Waals surface area contributed by atoms with Gasteiger partial charge in [0.05, 0.1) is 12.4 Å². The van der Waals surface area contributed by atoms with Crippen molar-refractivity contribution in [1.82, 2.24) is 39.2 Å². The second-order valence-corrected chi connectivity index (χ2v) is 56.7. The fourth-order valence-corrected chi connectivity index (χ4v) is 17.5. The second-order valence-electron chi connectivity index (χ2n) is 33.9. The zero-order chi connectivity index (χ0) is 74.2. The van der Waals surface area contributed by atoms with E-state index in [2.05, 4.69) is 105 Å². The Bertz CT molecular complexity index is 3920. The van der Waals surface area contributed by atoms with Crippen molar-refractivity contribution < 1.29 is 47.9 Å². The van der Waals surface area contributed by atoms with Crippen molar-refractivity contribution in [2.75, 3.05) is 91.0 Å². The molecule has 4 aliphatic carbocycles. The van der Waals surface area contributed by atoms with Crippen LogP contribution in [0, 0.1) is 23.7 Å². The van der Waals surface area contributed by atoms with E-state index in [1.807, 2.05) is 76.2 Å². The van der Waals surface area contributed by atoms with E-state index < -0.39 is 39.4 Å². The Hall–Kier alpha value is -5.92. The van der Waals surface area contributed by atoms with E-state index in [9.17, 15) is 0 Å². The van der Waals surface area contributed by atoms with Crippen LogP contribution in [0.4, 0.5) is 11.6 Å². The molecule has 6 atom stereocenters. The molecule has 2 N–H and O–H groups in total. The standard InChI is InChI=1S/C39H57N5O4Si2.C33H52ClN5O4Si2.C6H7BO2/c1-45-28-48-36-22-33(24-40-38(36)31-11-9-8-10-12-31)34-25-41-44-37(23-35(42-39(34)44)32-20-29-13-14-30(19-29)21-32)43(26-46-15-17-49(2,3)4)27-47-16-18-50(5,6)7;1-40-23-43-30-17-27(19-35-32(30)34)28-20-36-39-31(18-29(37-33(28)39)26-15-24-8-9-25(14-24)16-26)38(21-41-10-12-44(2,3)4)22-42-11-13-45(5,6)7;8-7(9)6-4-2-1-3-5-6/h8-12,22-25,29-30,32H,13-21,26-28H2,1-7H3;17-20,24-26H,8-16,21-23H2,1-7H3;1-5,8-9H/t29-,30+,32?;24-,25+,26?;. The van der Waals surface area contributed by atoms with Crippen LogP contribution < -0.4 is 24.7 Å². The third-order valence-electron chi connectivity index (χ3n) is 20.3. The number of pyridine rings is 2. The smallest absolute Gasteiger partial charge is 0.465 e. The molecule has 6 heterocycles. The molecular formula is C78H116BClN10O10Si4.